The van der Waals surface area contributed by atoms with Gasteiger partial charge in [-0.05, 0) is 45.1 Å². The fourth-order valence-electron chi connectivity index (χ4n) is 3.14. The zero-order valence-electron chi connectivity index (χ0n) is 17.4. The third-order valence-corrected chi connectivity index (χ3v) is 5.54. The fourth-order valence-corrected chi connectivity index (χ4v) is 3.63. The van der Waals surface area contributed by atoms with Crippen LogP contribution in [0.1, 0.15) is 33.1 Å². The van der Waals surface area contributed by atoms with Crippen molar-refractivity contribution in [2.75, 3.05) is 18.6 Å². The smallest absolute Gasteiger partial charge is 0.328 e. The van der Waals surface area contributed by atoms with E-state index in [1.165, 1.54) is 30.5 Å². The number of nitrogens with two attached hydrogens (primary N) is 1. The van der Waals surface area contributed by atoms with E-state index in [2.05, 4.69) is 10.6 Å². The fraction of sp³-hybridized carbons (Fsp3) is 0.778. The first-order chi connectivity index (χ1) is 14.0. The summed E-state index contributed by atoms with van der Waals surface area (Å²) in [7, 11) is 0. The average molecular weight is 449 g/mol. The second-order valence-corrected chi connectivity index (χ2v) is 8.36. The van der Waals surface area contributed by atoms with Crippen LogP contribution in [-0.2, 0) is 19.2 Å². The third-order valence-electron chi connectivity index (χ3n) is 4.90. The van der Waals surface area contributed by atoms with E-state index >= 15 is 0 Å². The summed E-state index contributed by atoms with van der Waals surface area (Å²) in [4.78, 5) is 50.3. The van der Waals surface area contributed by atoms with E-state index in [1.807, 2.05) is 6.26 Å². The maximum absolute atomic E-state index is 13.0. The summed E-state index contributed by atoms with van der Waals surface area (Å²) in [6, 6.07) is -4.62. The Balaban J connectivity index is 2.89. The Hall–Kier alpha value is -1.89. The Morgan fingerprint density at radius 2 is 1.73 bits per heavy atom. The highest BCUT2D eigenvalue weighted by Gasteiger charge is 2.40. The second kappa shape index (κ2) is 12.1. The molecule has 3 amide bonds. The number of thioether (sulfide) groups is 1. The van der Waals surface area contributed by atoms with Crippen LogP contribution in [0.15, 0.2) is 0 Å². The van der Waals surface area contributed by atoms with E-state index < -0.39 is 60.1 Å². The number of amides is 3. The number of carboxylic acid groups (broad SMARTS) is 1. The highest BCUT2D eigenvalue weighted by molar-refractivity contribution is 7.98. The number of rotatable bonds is 11. The van der Waals surface area contributed by atoms with E-state index in [9.17, 15) is 29.4 Å². The van der Waals surface area contributed by atoms with Gasteiger partial charge in [0.25, 0.3) is 0 Å². The van der Waals surface area contributed by atoms with Crippen molar-refractivity contribution in [1.82, 2.24) is 15.5 Å². The van der Waals surface area contributed by atoms with Gasteiger partial charge in [-0.1, -0.05) is 0 Å². The SMILES string of the molecule is CSCCC(N)C(=O)NC(C(=O)N1CCCC1C(=O)NC(C(=O)O)C(C)O)C(C)O. The molecule has 6 unspecified atom stereocenters. The van der Waals surface area contributed by atoms with Gasteiger partial charge in [0.2, 0.25) is 17.7 Å². The lowest BCUT2D eigenvalue weighted by molar-refractivity contribution is -0.147. The predicted octanol–water partition coefficient (Wildman–Crippen LogP) is -2.13. The molecular weight excluding hydrogens is 416 g/mol. The summed E-state index contributed by atoms with van der Waals surface area (Å²) >= 11 is 1.52. The normalized spacial score (nSPS) is 21.3. The molecule has 30 heavy (non-hydrogen) atoms. The molecule has 0 aromatic heterocycles. The monoisotopic (exact) mass is 448 g/mol. The van der Waals surface area contributed by atoms with Crippen molar-refractivity contribution >= 4 is 35.5 Å². The molecule has 0 spiro atoms. The summed E-state index contributed by atoms with van der Waals surface area (Å²) < 4.78 is 0. The zero-order valence-corrected chi connectivity index (χ0v) is 18.2. The van der Waals surface area contributed by atoms with Crippen molar-refractivity contribution in [3.05, 3.63) is 0 Å². The molecule has 1 saturated heterocycles. The molecule has 0 aliphatic carbocycles. The van der Waals surface area contributed by atoms with Gasteiger partial charge in [-0.15, -0.1) is 0 Å². The number of carbonyl (C=O) groups excluding carboxylic acids is 3. The van der Waals surface area contributed by atoms with Crippen LogP contribution in [0.3, 0.4) is 0 Å². The lowest BCUT2D eigenvalue weighted by Crippen LogP contribution is -2.60. The van der Waals surface area contributed by atoms with Gasteiger partial charge in [0.05, 0.1) is 18.2 Å². The van der Waals surface area contributed by atoms with Gasteiger partial charge in [0.1, 0.15) is 12.1 Å². The van der Waals surface area contributed by atoms with Crippen LogP contribution in [-0.4, -0.2) is 98.8 Å². The Morgan fingerprint density at radius 1 is 1.13 bits per heavy atom. The highest BCUT2D eigenvalue weighted by atomic mass is 32.2. The van der Waals surface area contributed by atoms with Gasteiger partial charge >= 0.3 is 5.97 Å². The zero-order chi connectivity index (χ0) is 23.0. The van der Waals surface area contributed by atoms with Crippen LogP contribution in [0.25, 0.3) is 0 Å². The molecule has 0 radical (unpaired) electrons. The predicted molar refractivity (Wildman–Crippen MR) is 111 cm³/mol. The lowest BCUT2D eigenvalue weighted by Gasteiger charge is -2.31. The Morgan fingerprint density at radius 3 is 2.23 bits per heavy atom. The van der Waals surface area contributed by atoms with E-state index in [1.54, 1.807) is 0 Å². The first kappa shape index (κ1) is 26.1. The molecule has 1 fully saturated rings. The van der Waals surface area contributed by atoms with Crippen LogP contribution in [0, 0.1) is 0 Å². The van der Waals surface area contributed by atoms with Gasteiger partial charge < -0.3 is 36.6 Å². The number of hydrogen-bond donors (Lipinski definition) is 6. The number of aliphatic carboxylic acids is 1. The molecule has 1 aliphatic rings. The van der Waals surface area contributed by atoms with Crippen LogP contribution < -0.4 is 16.4 Å². The molecule has 0 saturated carbocycles. The molecule has 0 aromatic carbocycles. The Bertz CT molecular complexity index is 632. The molecule has 12 heteroatoms. The molecule has 1 aliphatic heterocycles. The quantitative estimate of drug-likeness (QED) is 0.206. The van der Waals surface area contributed by atoms with Crippen LogP contribution in [0.2, 0.25) is 0 Å². The van der Waals surface area contributed by atoms with Crippen LogP contribution >= 0.6 is 11.8 Å². The van der Waals surface area contributed by atoms with Crippen LogP contribution in [0.4, 0.5) is 0 Å². The molecule has 0 bridgehead atoms. The van der Waals surface area contributed by atoms with Crippen molar-refractivity contribution in [3.63, 3.8) is 0 Å². The Labute approximate surface area is 179 Å². The largest absolute Gasteiger partial charge is 0.480 e. The first-order valence-electron chi connectivity index (χ1n) is 9.75. The highest BCUT2D eigenvalue weighted by Crippen LogP contribution is 2.20. The number of nitrogens with one attached hydrogen (secondary N) is 2. The van der Waals surface area contributed by atoms with E-state index in [-0.39, 0.29) is 13.0 Å². The van der Waals surface area contributed by atoms with Gasteiger partial charge in [0, 0.05) is 6.54 Å². The molecule has 172 valence electrons. The third kappa shape index (κ3) is 7.11. The number of carbonyl (C=O) groups is 4. The van der Waals surface area contributed by atoms with Crippen molar-refractivity contribution < 1.29 is 34.5 Å². The average Bonchev–Trinajstić information content (AvgIpc) is 3.16. The number of nitrogens with zero attached hydrogens (tertiary/aromatic N) is 1. The summed E-state index contributed by atoms with van der Waals surface area (Å²) in [5.74, 6) is -2.70. The maximum atomic E-state index is 13.0. The van der Waals surface area contributed by atoms with Gasteiger partial charge in [-0.2, -0.15) is 11.8 Å². The van der Waals surface area contributed by atoms with Crippen molar-refractivity contribution in [3.8, 4) is 0 Å². The van der Waals surface area contributed by atoms with Gasteiger partial charge in [0.15, 0.2) is 6.04 Å². The minimum atomic E-state index is -1.52. The summed E-state index contributed by atoms with van der Waals surface area (Å²) in [5.41, 5.74) is 5.82. The number of likely N-dealkylation sites (tertiary alicyclic amines) is 1. The molecule has 1 rings (SSSR count). The maximum Gasteiger partial charge on any atom is 0.328 e. The molecule has 7 N–H and O–H groups in total. The number of aliphatic hydroxyl groups is 2. The van der Waals surface area contributed by atoms with E-state index in [0.29, 0.717) is 18.6 Å². The lowest BCUT2D eigenvalue weighted by atomic mass is 10.1. The van der Waals surface area contributed by atoms with Crippen LogP contribution in [0.5, 0.6) is 0 Å². The second-order valence-electron chi connectivity index (χ2n) is 7.37. The number of carboxylic acids is 1. The minimum absolute atomic E-state index is 0.209. The van der Waals surface area contributed by atoms with Crippen molar-refractivity contribution in [2.45, 2.75) is 69.5 Å². The molecule has 0 aromatic rings. The first-order valence-corrected chi connectivity index (χ1v) is 11.1. The molecule has 1 heterocycles. The van der Waals surface area contributed by atoms with E-state index in [4.69, 9.17) is 10.8 Å². The number of aliphatic hydroxyl groups excluding tert-OH is 2. The summed E-state index contributed by atoms with van der Waals surface area (Å²) in [6.45, 7) is 2.78. The number of hydrogen-bond acceptors (Lipinski definition) is 8. The topological polar surface area (TPSA) is 182 Å². The van der Waals surface area contributed by atoms with Crippen molar-refractivity contribution in [1.29, 1.82) is 0 Å². The molecule has 11 nitrogen and oxygen atoms in total. The van der Waals surface area contributed by atoms with Crippen molar-refractivity contribution in [2.24, 2.45) is 5.73 Å². The van der Waals surface area contributed by atoms with Gasteiger partial charge in [-0.25, -0.2) is 4.79 Å². The van der Waals surface area contributed by atoms with E-state index in [0.717, 1.165) is 0 Å². The summed E-state index contributed by atoms with van der Waals surface area (Å²) in [5, 5.41) is 33.4. The molecular formula is C18H32N4O7S. The molecule has 6 atom stereocenters. The standard InChI is InChI=1S/C18H32N4O7S/c1-9(23)13(20-15(25)11(19)6-8-30-3)17(27)22-7-4-5-12(22)16(26)21-14(10(2)24)18(28)29/h9-14,23-24H,4-8,19H2,1-3H3,(H,20,25)(H,21,26)(H,28,29). The Kier molecular flexibility index (Phi) is 10.5. The minimum Gasteiger partial charge on any atom is -0.480 e. The van der Waals surface area contributed by atoms with Gasteiger partial charge in [-0.3, -0.25) is 14.4 Å². The summed E-state index contributed by atoms with van der Waals surface area (Å²) in [6.07, 6.45) is 0.490.